The molecule has 0 spiro atoms. The number of aromatic nitrogens is 1. The molecule has 0 atom stereocenters. The van der Waals surface area contributed by atoms with E-state index in [0.717, 1.165) is 45.6 Å². The summed E-state index contributed by atoms with van der Waals surface area (Å²) in [6.07, 6.45) is 4.65. The van der Waals surface area contributed by atoms with Crippen molar-refractivity contribution in [2.75, 3.05) is 38.5 Å². The van der Waals surface area contributed by atoms with Crippen molar-refractivity contribution in [3.63, 3.8) is 0 Å². The Kier molecular flexibility index (Phi) is 7.81. The van der Waals surface area contributed by atoms with Crippen molar-refractivity contribution in [2.24, 2.45) is 0 Å². The summed E-state index contributed by atoms with van der Waals surface area (Å²) in [6, 6.07) is 5.96. The molecule has 4 N–H and O–H groups in total. The average molecular weight is 364 g/mol. The van der Waals surface area contributed by atoms with E-state index in [4.69, 9.17) is 10.8 Å². The molecule has 0 bridgehead atoms. The smallest absolute Gasteiger partial charge is 0.306 e. The van der Waals surface area contributed by atoms with Gasteiger partial charge in [-0.3, -0.25) is 9.69 Å². The van der Waals surface area contributed by atoms with Gasteiger partial charge < -0.3 is 20.8 Å². The predicted octanol–water partition coefficient (Wildman–Crippen LogP) is 1.44. The molecule has 0 aromatic carbocycles. The van der Waals surface area contributed by atoms with E-state index in [-0.39, 0.29) is 6.42 Å². The molecule has 0 amide bonds. The van der Waals surface area contributed by atoms with Crippen LogP contribution in [0.15, 0.2) is 24.4 Å². The maximum Gasteiger partial charge on any atom is 0.306 e. The number of likely N-dealkylation sites (N-methyl/N-ethyl adjacent to an activating group) is 1. The van der Waals surface area contributed by atoms with Crippen LogP contribution in [0.3, 0.4) is 0 Å². The first kappa shape index (κ1) is 20.6. The molecule has 1 aliphatic heterocycles. The summed E-state index contributed by atoms with van der Waals surface area (Å²) < 4.78 is 0. The molecule has 2 aliphatic rings. The van der Waals surface area contributed by atoms with E-state index in [0.29, 0.717) is 24.7 Å². The third-order valence-corrected chi connectivity index (χ3v) is 5.42. The Morgan fingerprint density at radius 2 is 1.92 bits per heavy atom. The second kappa shape index (κ2) is 9.85. The first-order valence-electron chi connectivity index (χ1n) is 9.49. The van der Waals surface area contributed by atoms with Gasteiger partial charge in [-0.2, -0.15) is 0 Å². The molecule has 7 heteroatoms. The van der Waals surface area contributed by atoms with E-state index >= 15 is 0 Å². The van der Waals surface area contributed by atoms with Crippen LogP contribution in [0.25, 0.3) is 0 Å². The van der Waals surface area contributed by atoms with Crippen LogP contribution < -0.4 is 5.73 Å². The topological polar surface area (TPSA) is 103 Å². The summed E-state index contributed by atoms with van der Waals surface area (Å²) in [6.45, 7) is 7.80. The van der Waals surface area contributed by atoms with Crippen LogP contribution in [0.4, 0.5) is 5.82 Å². The largest absolute Gasteiger partial charge is 0.481 e. The lowest BCUT2D eigenvalue weighted by molar-refractivity contribution is -0.144. The van der Waals surface area contributed by atoms with Crippen LogP contribution in [-0.4, -0.2) is 75.3 Å². The number of aliphatic hydroxyl groups is 1. The van der Waals surface area contributed by atoms with Crippen LogP contribution in [0.1, 0.15) is 39.0 Å². The zero-order valence-corrected chi connectivity index (χ0v) is 15.7. The lowest BCUT2D eigenvalue weighted by Gasteiger charge is -2.43. The third kappa shape index (κ3) is 6.55. The van der Waals surface area contributed by atoms with Gasteiger partial charge in [0.25, 0.3) is 0 Å². The van der Waals surface area contributed by atoms with Gasteiger partial charge in [0, 0.05) is 38.4 Å². The molecule has 1 saturated heterocycles. The Morgan fingerprint density at radius 3 is 2.35 bits per heavy atom. The van der Waals surface area contributed by atoms with Crippen molar-refractivity contribution in [1.29, 1.82) is 0 Å². The van der Waals surface area contributed by atoms with Crippen LogP contribution in [0.5, 0.6) is 0 Å². The van der Waals surface area contributed by atoms with E-state index in [1.54, 1.807) is 12.3 Å². The number of anilines is 1. The van der Waals surface area contributed by atoms with Gasteiger partial charge >= 0.3 is 5.97 Å². The number of carboxylic acid groups (broad SMARTS) is 1. The Morgan fingerprint density at radius 1 is 1.27 bits per heavy atom. The van der Waals surface area contributed by atoms with Crippen molar-refractivity contribution < 1.29 is 15.0 Å². The second-order valence-electron chi connectivity index (χ2n) is 7.25. The standard InChI is InChI=1S/C14H26N2O3.C5H6N2/c1-2-15-7-9-16(10-8-15)12-3-5-14(19,6-4-12)11-13(17)18;6-5-3-1-2-4-7-5/h12,19H,2-11H2,1H3,(H,17,18);1-4H,(H2,6,7). The Balaban J connectivity index is 0.000000290. The van der Waals surface area contributed by atoms with Crippen molar-refractivity contribution in [3.8, 4) is 0 Å². The number of carbonyl (C=O) groups is 1. The summed E-state index contributed by atoms with van der Waals surface area (Å²) in [5.41, 5.74) is 4.28. The number of hydrogen-bond donors (Lipinski definition) is 3. The fourth-order valence-electron chi connectivity index (χ4n) is 3.78. The van der Waals surface area contributed by atoms with Crippen LogP contribution in [0, 0.1) is 0 Å². The number of hydrogen-bond acceptors (Lipinski definition) is 6. The van der Waals surface area contributed by atoms with Gasteiger partial charge in [0.05, 0.1) is 12.0 Å². The normalized spacial score (nSPS) is 27.4. The number of aliphatic carboxylic acids is 1. The molecule has 1 aromatic rings. The fraction of sp³-hybridized carbons (Fsp3) is 0.684. The highest BCUT2D eigenvalue weighted by Crippen LogP contribution is 2.33. The first-order chi connectivity index (χ1) is 12.4. The molecule has 1 aromatic heterocycles. The minimum Gasteiger partial charge on any atom is -0.481 e. The van der Waals surface area contributed by atoms with Crippen LogP contribution >= 0.6 is 0 Å². The van der Waals surface area contributed by atoms with Gasteiger partial charge in [0.15, 0.2) is 0 Å². The van der Waals surface area contributed by atoms with Crippen molar-refractivity contribution in [1.82, 2.24) is 14.8 Å². The van der Waals surface area contributed by atoms with Gasteiger partial charge in [-0.05, 0) is 44.4 Å². The molecule has 1 saturated carbocycles. The van der Waals surface area contributed by atoms with Crippen LogP contribution in [0.2, 0.25) is 0 Å². The zero-order valence-electron chi connectivity index (χ0n) is 15.7. The summed E-state index contributed by atoms with van der Waals surface area (Å²) in [5.74, 6) is -0.319. The minimum absolute atomic E-state index is 0.108. The number of nitrogens with zero attached hydrogens (tertiary/aromatic N) is 3. The number of piperazine rings is 1. The molecule has 26 heavy (non-hydrogen) atoms. The molecule has 3 rings (SSSR count). The lowest BCUT2D eigenvalue weighted by Crippen LogP contribution is -2.52. The average Bonchev–Trinajstić information content (AvgIpc) is 2.63. The SMILES string of the molecule is CCN1CCN(C2CCC(O)(CC(=O)O)CC2)CC1.Nc1ccccn1. The van der Waals surface area contributed by atoms with Crippen LogP contribution in [-0.2, 0) is 4.79 Å². The Labute approximate surface area is 155 Å². The quantitative estimate of drug-likeness (QED) is 0.743. The van der Waals surface area contributed by atoms with Gasteiger partial charge in [-0.1, -0.05) is 13.0 Å². The lowest BCUT2D eigenvalue weighted by atomic mass is 9.79. The maximum atomic E-state index is 10.7. The van der Waals surface area contributed by atoms with E-state index in [1.165, 1.54) is 0 Å². The van der Waals surface area contributed by atoms with Crippen molar-refractivity contribution in [2.45, 2.75) is 50.7 Å². The highest BCUT2D eigenvalue weighted by Gasteiger charge is 2.37. The van der Waals surface area contributed by atoms with E-state index < -0.39 is 11.6 Å². The highest BCUT2D eigenvalue weighted by molar-refractivity contribution is 5.68. The van der Waals surface area contributed by atoms with E-state index in [2.05, 4.69) is 21.7 Å². The number of pyridine rings is 1. The summed E-state index contributed by atoms with van der Waals surface area (Å²) in [7, 11) is 0. The molecular weight excluding hydrogens is 332 g/mol. The van der Waals surface area contributed by atoms with Gasteiger partial charge in [-0.25, -0.2) is 4.98 Å². The molecule has 7 nitrogen and oxygen atoms in total. The monoisotopic (exact) mass is 364 g/mol. The number of rotatable bonds is 4. The number of nitrogen functional groups attached to an aromatic ring is 1. The Bertz CT molecular complexity index is 539. The first-order valence-corrected chi connectivity index (χ1v) is 9.49. The molecule has 2 heterocycles. The van der Waals surface area contributed by atoms with Crippen molar-refractivity contribution in [3.05, 3.63) is 24.4 Å². The molecule has 2 fully saturated rings. The summed E-state index contributed by atoms with van der Waals surface area (Å²) >= 11 is 0. The van der Waals surface area contributed by atoms with E-state index in [1.807, 2.05) is 12.1 Å². The molecule has 0 radical (unpaired) electrons. The number of carboxylic acids is 1. The Hall–Kier alpha value is -1.70. The van der Waals surface area contributed by atoms with Gasteiger partial charge in [-0.15, -0.1) is 0 Å². The molecule has 1 aliphatic carbocycles. The van der Waals surface area contributed by atoms with Gasteiger partial charge in [0.1, 0.15) is 5.82 Å². The number of nitrogens with two attached hydrogens (primary N) is 1. The summed E-state index contributed by atoms with van der Waals surface area (Å²) in [5, 5.41) is 19.1. The van der Waals surface area contributed by atoms with E-state index in [9.17, 15) is 9.90 Å². The second-order valence-corrected chi connectivity index (χ2v) is 7.25. The molecule has 0 unspecified atom stereocenters. The molecular formula is C19H32N4O3. The van der Waals surface area contributed by atoms with Crippen molar-refractivity contribution >= 4 is 11.8 Å². The fourth-order valence-corrected chi connectivity index (χ4v) is 3.78. The van der Waals surface area contributed by atoms with Gasteiger partial charge in [0.2, 0.25) is 0 Å². The zero-order chi connectivity index (χ0) is 19.0. The summed E-state index contributed by atoms with van der Waals surface area (Å²) in [4.78, 5) is 19.5. The minimum atomic E-state index is -0.965. The highest BCUT2D eigenvalue weighted by atomic mass is 16.4. The third-order valence-electron chi connectivity index (χ3n) is 5.42. The maximum absolute atomic E-state index is 10.7. The molecule has 146 valence electrons. The predicted molar refractivity (Wildman–Crippen MR) is 102 cm³/mol.